The number of halogens is 1. The molecule has 0 saturated carbocycles. The van der Waals surface area contributed by atoms with Crippen molar-refractivity contribution in [3.63, 3.8) is 0 Å². The molecule has 0 saturated heterocycles. The highest BCUT2D eigenvalue weighted by Gasteiger charge is 2.16. The van der Waals surface area contributed by atoms with Gasteiger partial charge in [-0.25, -0.2) is 0 Å². The third-order valence-corrected chi connectivity index (χ3v) is 4.15. The Morgan fingerprint density at radius 3 is 2.48 bits per heavy atom. The Morgan fingerprint density at radius 2 is 1.80 bits per heavy atom. The number of fused-ring (bicyclic) bond motifs is 1. The Labute approximate surface area is 149 Å². The van der Waals surface area contributed by atoms with Gasteiger partial charge in [-0.15, -0.1) is 0 Å². The van der Waals surface area contributed by atoms with E-state index >= 15 is 0 Å². The minimum absolute atomic E-state index is 0.279. The number of hydrogen-bond acceptors (Lipinski definition) is 4. The molecule has 0 atom stereocenters. The molecule has 0 spiro atoms. The molecule has 0 unspecified atom stereocenters. The number of benzene rings is 2. The summed E-state index contributed by atoms with van der Waals surface area (Å²) in [6, 6.07) is 8.68. The number of carbonyl (C=O) groups is 1. The van der Waals surface area contributed by atoms with Crippen molar-refractivity contribution in [3.8, 4) is 17.2 Å². The molecule has 6 nitrogen and oxygen atoms in total. The molecule has 1 heterocycles. The molecule has 1 aromatic heterocycles. The molecule has 0 fully saturated rings. The highest BCUT2D eigenvalue weighted by Crippen LogP contribution is 2.36. The quantitative estimate of drug-likeness (QED) is 0.718. The van der Waals surface area contributed by atoms with Crippen LogP contribution in [0.1, 0.15) is 10.4 Å². The summed E-state index contributed by atoms with van der Waals surface area (Å²) in [5.74, 6) is 1.33. The number of rotatable bonds is 5. The lowest BCUT2D eigenvalue weighted by Gasteiger charge is -2.13. The molecule has 3 aromatic rings. The summed E-state index contributed by atoms with van der Waals surface area (Å²) in [6.07, 6.45) is 1.65. The second-order valence-corrected chi connectivity index (χ2v) is 5.66. The van der Waals surface area contributed by atoms with Crippen molar-refractivity contribution in [3.05, 3.63) is 47.1 Å². The van der Waals surface area contributed by atoms with Gasteiger partial charge in [0.1, 0.15) is 17.2 Å². The molecule has 0 aliphatic carbocycles. The van der Waals surface area contributed by atoms with Gasteiger partial charge in [0.15, 0.2) is 0 Å². The van der Waals surface area contributed by atoms with E-state index in [1.54, 1.807) is 31.5 Å². The summed E-state index contributed by atoms with van der Waals surface area (Å²) in [4.78, 5) is 15.8. The first-order valence-corrected chi connectivity index (χ1v) is 7.83. The fourth-order valence-corrected chi connectivity index (χ4v) is 2.80. The van der Waals surface area contributed by atoms with Crippen molar-refractivity contribution in [1.82, 2.24) is 4.98 Å². The van der Waals surface area contributed by atoms with Crippen LogP contribution in [-0.2, 0) is 0 Å². The zero-order valence-electron chi connectivity index (χ0n) is 14.0. The number of aromatic amines is 1. The number of methoxy groups -OCH3 is 3. The zero-order valence-corrected chi connectivity index (χ0v) is 14.7. The maximum absolute atomic E-state index is 12.7. The van der Waals surface area contributed by atoms with Gasteiger partial charge >= 0.3 is 0 Å². The van der Waals surface area contributed by atoms with E-state index in [0.717, 1.165) is 10.9 Å². The Balaban J connectivity index is 1.95. The van der Waals surface area contributed by atoms with Crippen molar-refractivity contribution in [1.29, 1.82) is 0 Å². The summed E-state index contributed by atoms with van der Waals surface area (Å²) >= 11 is 6.09. The van der Waals surface area contributed by atoms with Crippen molar-refractivity contribution in [2.24, 2.45) is 0 Å². The summed E-state index contributed by atoms with van der Waals surface area (Å²) < 4.78 is 15.7. The predicted molar refractivity (Wildman–Crippen MR) is 97.4 cm³/mol. The summed E-state index contributed by atoms with van der Waals surface area (Å²) in [5, 5.41) is 4.02. The molecule has 25 heavy (non-hydrogen) atoms. The van der Waals surface area contributed by atoms with E-state index in [2.05, 4.69) is 10.3 Å². The molecule has 7 heteroatoms. The van der Waals surface area contributed by atoms with Gasteiger partial charge < -0.3 is 24.5 Å². The van der Waals surface area contributed by atoms with Crippen LogP contribution in [0.5, 0.6) is 17.2 Å². The van der Waals surface area contributed by atoms with Gasteiger partial charge in [0, 0.05) is 35.3 Å². The number of carbonyl (C=O) groups excluding carboxylic acids is 1. The lowest BCUT2D eigenvalue weighted by Crippen LogP contribution is -2.12. The summed E-state index contributed by atoms with van der Waals surface area (Å²) in [6.45, 7) is 0. The van der Waals surface area contributed by atoms with Crippen LogP contribution in [0.4, 0.5) is 5.69 Å². The minimum atomic E-state index is -0.279. The first-order valence-electron chi connectivity index (χ1n) is 7.45. The van der Waals surface area contributed by atoms with E-state index in [9.17, 15) is 4.79 Å². The molecular weight excluding hydrogens is 344 g/mol. The number of hydrogen-bond donors (Lipinski definition) is 2. The smallest absolute Gasteiger partial charge is 0.257 e. The Kier molecular flexibility index (Phi) is 4.72. The first kappa shape index (κ1) is 17.0. The summed E-state index contributed by atoms with van der Waals surface area (Å²) in [7, 11) is 4.61. The molecule has 2 aromatic carbocycles. The molecule has 0 aliphatic rings. The molecule has 0 aliphatic heterocycles. The van der Waals surface area contributed by atoms with Crippen molar-refractivity contribution in [2.75, 3.05) is 26.6 Å². The van der Waals surface area contributed by atoms with Crippen molar-refractivity contribution in [2.45, 2.75) is 0 Å². The van der Waals surface area contributed by atoms with Crippen LogP contribution in [0.25, 0.3) is 10.9 Å². The lowest BCUT2D eigenvalue weighted by molar-refractivity contribution is 0.102. The number of anilines is 1. The summed E-state index contributed by atoms with van der Waals surface area (Å²) in [5.41, 5.74) is 1.79. The third kappa shape index (κ3) is 3.21. The minimum Gasteiger partial charge on any atom is -0.497 e. The number of H-pyrrole nitrogens is 1. The third-order valence-electron chi connectivity index (χ3n) is 3.86. The normalized spacial score (nSPS) is 10.6. The van der Waals surface area contributed by atoms with E-state index in [4.69, 9.17) is 25.8 Å². The maximum atomic E-state index is 12.7. The van der Waals surface area contributed by atoms with Crippen molar-refractivity contribution >= 4 is 34.1 Å². The van der Waals surface area contributed by atoms with Crippen molar-refractivity contribution < 1.29 is 19.0 Å². The number of ether oxygens (including phenoxy) is 3. The highest BCUT2D eigenvalue weighted by molar-refractivity contribution is 6.32. The Hall–Kier alpha value is -2.86. The van der Waals surface area contributed by atoms with Gasteiger partial charge in [-0.05, 0) is 12.1 Å². The van der Waals surface area contributed by atoms with Crippen LogP contribution in [0.3, 0.4) is 0 Å². The van der Waals surface area contributed by atoms with Crippen LogP contribution in [0.2, 0.25) is 5.02 Å². The SMILES string of the molecule is COc1ccc2c(C(=O)Nc3cc(OC)c(Cl)cc3OC)c[nH]c2c1. The number of amides is 1. The Bertz CT molecular complexity index is 936. The number of nitrogens with one attached hydrogen (secondary N) is 2. The highest BCUT2D eigenvalue weighted by atomic mass is 35.5. The van der Waals surface area contributed by atoms with E-state index in [-0.39, 0.29) is 5.91 Å². The van der Waals surface area contributed by atoms with Gasteiger partial charge in [0.05, 0.1) is 37.6 Å². The second kappa shape index (κ2) is 6.94. The molecule has 3 rings (SSSR count). The fourth-order valence-electron chi connectivity index (χ4n) is 2.57. The number of aromatic nitrogens is 1. The van der Waals surface area contributed by atoms with Crippen LogP contribution in [0.15, 0.2) is 36.5 Å². The Morgan fingerprint density at radius 1 is 1.04 bits per heavy atom. The molecular formula is C18H17ClN2O4. The van der Waals surface area contributed by atoms with Gasteiger partial charge in [0.2, 0.25) is 0 Å². The molecule has 1 amide bonds. The zero-order chi connectivity index (χ0) is 18.0. The standard InChI is InChI=1S/C18H17ClN2O4/c1-23-10-4-5-11-12(9-20-14(11)6-10)18(22)21-15-8-16(24-2)13(19)7-17(15)25-3/h4-9,20H,1-3H3,(H,21,22). The lowest BCUT2D eigenvalue weighted by atomic mass is 10.1. The van der Waals surface area contributed by atoms with Gasteiger partial charge in [0.25, 0.3) is 5.91 Å². The maximum Gasteiger partial charge on any atom is 0.257 e. The van der Waals surface area contributed by atoms with Crippen LogP contribution >= 0.6 is 11.6 Å². The van der Waals surface area contributed by atoms with Crippen LogP contribution in [-0.4, -0.2) is 32.2 Å². The molecule has 0 radical (unpaired) electrons. The van der Waals surface area contributed by atoms with E-state index in [0.29, 0.717) is 33.5 Å². The average Bonchev–Trinajstić information content (AvgIpc) is 3.05. The van der Waals surface area contributed by atoms with E-state index in [1.807, 2.05) is 12.1 Å². The van der Waals surface area contributed by atoms with Crippen LogP contribution < -0.4 is 19.5 Å². The second-order valence-electron chi connectivity index (χ2n) is 5.26. The molecule has 2 N–H and O–H groups in total. The van der Waals surface area contributed by atoms with Crippen LogP contribution in [0, 0.1) is 0 Å². The van der Waals surface area contributed by atoms with Gasteiger partial charge in [-0.2, -0.15) is 0 Å². The molecule has 0 bridgehead atoms. The van der Waals surface area contributed by atoms with E-state index in [1.165, 1.54) is 14.2 Å². The van der Waals surface area contributed by atoms with Gasteiger partial charge in [-0.1, -0.05) is 11.6 Å². The fraction of sp³-hybridized carbons (Fsp3) is 0.167. The molecule has 130 valence electrons. The largest absolute Gasteiger partial charge is 0.497 e. The predicted octanol–water partition coefficient (Wildman–Crippen LogP) is 4.10. The monoisotopic (exact) mass is 360 g/mol. The van der Waals surface area contributed by atoms with E-state index < -0.39 is 0 Å². The average molecular weight is 361 g/mol. The first-order chi connectivity index (χ1) is 12.1. The topological polar surface area (TPSA) is 72.6 Å². The van der Waals surface area contributed by atoms with Gasteiger partial charge in [-0.3, -0.25) is 4.79 Å².